The molecular formula is C10H20N2O3. The van der Waals surface area contributed by atoms with Crippen LogP contribution in [-0.4, -0.2) is 24.5 Å². The first kappa shape index (κ1) is 13.9. The Morgan fingerprint density at radius 3 is 2.33 bits per heavy atom. The largest absolute Gasteiger partial charge is 0.368 e. The van der Waals surface area contributed by atoms with Crippen molar-refractivity contribution in [3.63, 3.8) is 0 Å². The van der Waals surface area contributed by atoms with E-state index in [2.05, 4.69) is 6.92 Å². The van der Waals surface area contributed by atoms with Crippen molar-refractivity contribution < 1.29 is 14.3 Å². The molecule has 0 aromatic heterocycles. The van der Waals surface area contributed by atoms with Crippen LogP contribution in [0, 0.1) is 0 Å². The van der Waals surface area contributed by atoms with Gasteiger partial charge in [-0.25, -0.2) is 0 Å². The minimum Gasteiger partial charge on any atom is -0.368 e. The predicted octanol–water partition coefficient (Wildman–Crippen LogP) is 0.313. The molecule has 5 nitrogen and oxygen atoms in total. The molecule has 0 aromatic carbocycles. The summed E-state index contributed by atoms with van der Waals surface area (Å²) in [5, 5.41) is 0. The molecule has 1 atom stereocenters. The number of rotatable bonds is 9. The van der Waals surface area contributed by atoms with Gasteiger partial charge in [0.25, 0.3) is 0 Å². The van der Waals surface area contributed by atoms with E-state index in [4.69, 9.17) is 16.2 Å². The summed E-state index contributed by atoms with van der Waals surface area (Å²) in [5.41, 5.74) is 10.0. The highest BCUT2D eigenvalue weighted by atomic mass is 16.5. The number of carbonyl (C=O) groups excluding carboxylic acids is 2. The van der Waals surface area contributed by atoms with Gasteiger partial charge in [-0.1, -0.05) is 32.6 Å². The molecule has 4 N–H and O–H groups in total. The number of ether oxygens (including phenoxy) is 1. The highest BCUT2D eigenvalue weighted by Crippen LogP contribution is 2.07. The zero-order valence-electron chi connectivity index (χ0n) is 9.20. The quantitative estimate of drug-likeness (QED) is 0.543. The van der Waals surface area contributed by atoms with Crippen molar-refractivity contribution in [1.82, 2.24) is 0 Å². The van der Waals surface area contributed by atoms with Crippen LogP contribution in [0.15, 0.2) is 0 Å². The molecule has 0 aliphatic rings. The number of nitrogens with two attached hydrogens (primary N) is 2. The lowest BCUT2D eigenvalue weighted by atomic mass is 10.1. The first-order chi connectivity index (χ1) is 7.07. The highest BCUT2D eigenvalue weighted by Gasteiger charge is 2.15. The molecule has 0 aromatic rings. The second-order valence-electron chi connectivity index (χ2n) is 3.52. The van der Waals surface area contributed by atoms with Gasteiger partial charge in [-0.3, -0.25) is 9.59 Å². The summed E-state index contributed by atoms with van der Waals surface area (Å²) < 4.78 is 5.00. The molecule has 0 radical (unpaired) electrons. The smallest absolute Gasteiger partial charge is 0.246 e. The molecule has 1 unspecified atom stereocenters. The van der Waals surface area contributed by atoms with Crippen LogP contribution in [0.2, 0.25) is 0 Å². The molecule has 0 rings (SSSR count). The fraction of sp³-hybridized carbons (Fsp3) is 0.800. The Bertz CT molecular complexity index is 207. The molecule has 15 heavy (non-hydrogen) atoms. The van der Waals surface area contributed by atoms with Gasteiger partial charge in [0.15, 0.2) is 0 Å². The molecular weight excluding hydrogens is 196 g/mol. The fourth-order valence-corrected chi connectivity index (χ4v) is 1.25. The normalized spacial score (nSPS) is 12.3. The van der Waals surface area contributed by atoms with Crippen molar-refractivity contribution in [2.24, 2.45) is 11.5 Å². The summed E-state index contributed by atoms with van der Waals surface area (Å²) in [6.45, 7) is 1.86. The molecule has 0 saturated carbocycles. The Morgan fingerprint density at radius 2 is 1.87 bits per heavy atom. The number of hydrogen-bond acceptors (Lipinski definition) is 3. The van der Waals surface area contributed by atoms with Crippen LogP contribution in [0.1, 0.15) is 39.0 Å². The topological polar surface area (TPSA) is 95.4 Å². The maximum absolute atomic E-state index is 10.9. The van der Waals surface area contributed by atoms with Gasteiger partial charge in [-0.05, 0) is 6.42 Å². The molecule has 0 aliphatic carbocycles. The lowest BCUT2D eigenvalue weighted by molar-refractivity contribution is -0.134. The maximum atomic E-state index is 10.9. The third-order valence-corrected chi connectivity index (χ3v) is 2.06. The Labute approximate surface area is 90.1 Å². The lowest BCUT2D eigenvalue weighted by Gasteiger charge is -2.12. The standard InChI is InChI=1S/C10H20N2O3/c1-2-3-4-5-6-8(10(12)14)15-7-9(11)13/h8H,2-7H2,1H3,(H2,11,13)(H2,12,14). The van der Waals surface area contributed by atoms with E-state index < -0.39 is 17.9 Å². The van der Waals surface area contributed by atoms with Crippen LogP contribution in [0.3, 0.4) is 0 Å². The van der Waals surface area contributed by atoms with Crippen molar-refractivity contribution in [3.05, 3.63) is 0 Å². The van der Waals surface area contributed by atoms with E-state index in [9.17, 15) is 9.59 Å². The van der Waals surface area contributed by atoms with Crippen LogP contribution in [0.4, 0.5) is 0 Å². The van der Waals surface area contributed by atoms with E-state index in [0.29, 0.717) is 6.42 Å². The second-order valence-corrected chi connectivity index (χ2v) is 3.52. The summed E-state index contributed by atoms with van der Waals surface area (Å²) >= 11 is 0. The molecule has 0 spiro atoms. The molecule has 0 saturated heterocycles. The molecule has 2 amide bonds. The van der Waals surface area contributed by atoms with Crippen LogP contribution in [0.5, 0.6) is 0 Å². The van der Waals surface area contributed by atoms with Crippen LogP contribution < -0.4 is 11.5 Å². The summed E-state index contributed by atoms with van der Waals surface area (Å²) in [7, 11) is 0. The number of carbonyl (C=O) groups is 2. The highest BCUT2D eigenvalue weighted by molar-refractivity contribution is 5.80. The van der Waals surface area contributed by atoms with E-state index in [1.54, 1.807) is 0 Å². The van der Waals surface area contributed by atoms with Crippen LogP contribution in [0.25, 0.3) is 0 Å². The third-order valence-electron chi connectivity index (χ3n) is 2.06. The predicted molar refractivity (Wildman–Crippen MR) is 56.9 cm³/mol. The Hall–Kier alpha value is -1.10. The van der Waals surface area contributed by atoms with E-state index in [-0.39, 0.29) is 6.61 Å². The molecule has 0 heterocycles. The monoisotopic (exact) mass is 216 g/mol. The molecule has 5 heteroatoms. The average molecular weight is 216 g/mol. The third kappa shape index (κ3) is 7.93. The van der Waals surface area contributed by atoms with Gasteiger partial charge in [0.2, 0.25) is 11.8 Å². The van der Waals surface area contributed by atoms with Gasteiger partial charge >= 0.3 is 0 Å². The van der Waals surface area contributed by atoms with Crippen molar-refractivity contribution in [1.29, 1.82) is 0 Å². The van der Waals surface area contributed by atoms with Crippen molar-refractivity contribution in [2.75, 3.05) is 6.61 Å². The van der Waals surface area contributed by atoms with Gasteiger partial charge in [0.1, 0.15) is 12.7 Å². The van der Waals surface area contributed by atoms with E-state index >= 15 is 0 Å². The van der Waals surface area contributed by atoms with Crippen LogP contribution in [-0.2, 0) is 14.3 Å². The summed E-state index contributed by atoms with van der Waals surface area (Å²) in [6, 6.07) is 0. The minimum absolute atomic E-state index is 0.249. The molecule has 88 valence electrons. The van der Waals surface area contributed by atoms with Gasteiger partial charge in [-0.15, -0.1) is 0 Å². The number of unbranched alkanes of at least 4 members (excludes halogenated alkanes) is 3. The van der Waals surface area contributed by atoms with Gasteiger partial charge < -0.3 is 16.2 Å². The summed E-state index contributed by atoms with van der Waals surface area (Å²) in [6.07, 6.45) is 4.04. The molecule has 0 bridgehead atoms. The van der Waals surface area contributed by atoms with Gasteiger partial charge in [0.05, 0.1) is 0 Å². The Kier molecular flexibility index (Phi) is 7.62. The minimum atomic E-state index is -0.686. The first-order valence-corrected chi connectivity index (χ1v) is 5.27. The molecule has 0 fully saturated rings. The lowest BCUT2D eigenvalue weighted by Crippen LogP contribution is -2.34. The van der Waals surface area contributed by atoms with Gasteiger partial charge in [-0.2, -0.15) is 0 Å². The van der Waals surface area contributed by atoms with E-state index in [1.165, 1.54) is 0 Å². The fourth-order valence-electron chi connectivity index (χ4n) is 1.25. The Morgan fingerprint density at radius 1 is 1.20 bits per heavy atom. The molecule has 0 aliphatic heterocycles. The van der Waals surface area contributed by atoms with Crippen molar-refractivity contribution in [3.8, 4) is 0 Å². The average Bonchev–Trinajstić information content (AvgIpc) is 2.15. The maximum Gasteiger partial charge on any atom is 0.246 e. The van der Waals surface area contributed by atoms with E-state index in [0.717, 1.165) is 25.7 Å². The number of primary amides is 2. The summed E-state index contributed by atoms with van der Waals surface area (Å²) in [4.78, 5) is 21.4. The zero-order chi connectivity index (χ0) is 11.7. The van der Waals surface area contributed by atoms with Crippen molar-refractivity contribution >= 4 is 11.8 Å². The SMILES string of the molecule is CCCCCCC(OCC(N)=O)C(N)=O. The van der Waals surface area contributed by atoms with Crippen LogP contribution >= 0.6 is 0 Å². The second kappa shape index (κ2) is 8.23. The first-order valence-electron chi connectivity index (χ1n) is 5.27. The summed E-state index contributed by atoms with van der Waals surface area (Å²) in [5.74, 6) is -1.12. The van der Waals surface area contributed by atoms with E-state index in [1.807, 2.05) is 0 Å². The Balaban J connectivity index is 3.73. The zero-order valence-corrected chi connectivity index (χ0v) is 9.20. The number of amides is 2. The van der Waals surface area contributed by atoms with Crippen molar-refractivity contribution in [2.45, 2.75) is 45.1 Å². The number of hydrogen-bond donors (Lipinski definition) is 2. The van der Waals surface area contributed by atoms with Gasteiger partial charge in [0, 0.05) is 0 Å².